The predicted molar refractivity (Wildman–Crippen MR) is 152 cm³/mol. The highest BCUT2D eigenvalue weighted by Gasteiger charge is 2.23. The van der Waals surface area contributed by atoms with E-state index in [0.29, 0.717) is 44.8 Å². The third-order valence-corrected chi connectivity index (χ3v) is 7.71. The first-order chi connectivity index (χ1) is 19.9. The lowest BCUT2D eigenvalue weighted by molar-refractivity contribution is -0.115. The second-order valence-electron chi connectivity index (χ2n) is 9.56. The van der Waals surface area contributed by atoms with E-state index in [1.54, 1.807) is 19.2 Å². The van der Waals surface area contributed by atoms with Crippen LogP contribution in [-0.2, 0) is 11.2 Å². The van der Waals surface area contributed by atoms with Crippen LogP contribution in [0, 0.1) is 11.6 Å². The van der Waals surface area contributed by atoms with E-state index in [0.717, 1.165) is 50.6 Å². The van der Waals surface area contributed by atoms with Crippen molar-refractivity contribution in [2.45, 2.75) is 31.7 Å². The Morgan fingerprint density at radius 3 is 2.90 bits per heavy atom. The fourth-order valence-corrected chi connectivity index (χ4v) is 5.59. The zero-order chi connectivity index (χ0) is 28.8. The minimum atomic E-state index is -0.718. The second kappa shape index (κ2) is 13.1. The average molecular weight is 585 g/mol. The topological polar surface area (TPSA) is 122 Å². The molecule has 1 atom stereocenters. The highest BCUT2D eigenvalue weighted by atomic mass is 32.1. The van der Waals surface area contributed by atoms with Crippen LogP contribution >= 0.6 is 11.3 Å². The van der Waals surface area contributed by atoms with Crippen LogP contribution < -0.4 is 20.1 Å². The molecule has 1 aliphatic heterocycles. The number of benzene rings is 2. The number of ether oxygens (including phenoxy) is 2. The number of hydrogen-bond acceptors (Lipinski definition) is 10. The van der Waals surface area contributed by atoms with Gasteiger partial charge in [-0.3, -0.25) is 9.69 Å². The van der Waals surface area contributed by atoms with Gasteiger partial charge in [-0.05, 0) is 44.0 Å². The maximum absolute atomic E-state index is 13.8. The van der Waals surface area contributed by atoms with Gasteiger partial charge in [0.15, 0.2) is 16.6 Å². The van der Waals surface area contributed by atoms with Crippen molar-refractivity contribution < 1.29 is 28.2 Å². The van der Waals surface area contributed by atoms with Crippen molar-refractivity contribution in [3.05, 3.63) is 59.4 Å². The summed E-state index contributed by atoms with van der Waals surface area (Å²) in [5.74, 6) is -0.260. The van der Waals surface area contributed by atoms with E-state index in [-0.39, 0.29) is 24.8 Å². The van der Waals surface area contributed by atoms with Crippen LogP contribution in [0.4, 0.5) is 25.4 Å². The third kappa shape index (κ3) is 7.04. The summed E-state index contributed by atoms with van der Waals surface area (Å²) in [6, 6.07) is 6.71. The Balaban J connectivity index is 1.22. The number of rotatable bonds is 12. The molecular weight excluding hydrogens is 554 g/mol. The van der Waals surface area contributed by atoms with Crippen LogP contribution in [0.2, 0.25) is 0 Å². The number of aromatic nitrogens is 3. The van der Waals surface area contributed by atoms with E-state index >= 15 is 0 Å². The molecule has 1 amide bonds. The summed E-state index contributed by atoms with van der Waals surface area (Å²) in [5, 5.41) is 16.2. The zero-order valence-electron chi connectivity index (χ0n) is 22.4. The molecule has 2 aromatic carbocycles. The fraction of sp³-hybridized carbons (Fsp3) is 0.357. The number of carbonyl (C=O) groups excluding carboxylic acids is 1. The van der Waals surface area contributed by atoms with Crippen molar-refractivity contribution in [2.75, 3.05) is 44.0 Å². The molecule has 0 saturated carbocycles. The van der Waals surface area contributed by atoms with Crippen LogP contribution in [0.25, 0.3) is 10.9 Å². The normalized spacial score (nSPS) is 15.3. The largest absolute Gasteiger partial charge is 0.493 e. The molecule has 3 N–H and O–H groups in total. The standard InChI is InChI=1S/C28H30F2N6O4S/c1-39-24-12-20-22(13-25(24)40-9-3-8-36-7-2-4-18(36)15-37)32-16-33-27(20)35-28-31-14-19(41-28)11-26(38)34-23-10-17(29)5-6-21(23)30/h5-6,10,12-14,16,18,37H,2-4,7-9,11,15H2,1H3,(H,34,38)(H,31,32,33,35)/t18-/m0/s1. The number of fused-ring (bicyclic) bond motifs is 1. The van der Waals surface area contributed by atoms with Gasteiger partial charge in [0, 0.05) is 41.2 Å². The smallest absolute Gasteiger partial charge is 0.229 e. The first-order valence-corrected chi connectivity index (χ1v) is 14.0. The highest BCUT2D eigenvalue weighted by Crippen LogP contribution is 2.35. The van der Waals surface area contributed by atoms with Gasteiger partial charge in [0.2, 0.25) is 5.91 Å². The number of amides is 1. The Bertz CT molecular complexity index is 1520. The molecule has 1 aliphatic rings. The maximum Gasteiger partial charge on any atom is 0.229 e. The van der Waals surface area contributed by atoms with E-state index in [1.165, 1.54) is 23.9 Å². The molecular formula is C28H30F2N6O4S. The molecule has 0 radical (unpaired) electrons. The number of thiazole rings is 1. The fourth-order valence-electron chi connectivity index (χ4n) is 4.78. The van der Waals surface area contributed by atoms with Gasteiger partial charge in [0.25, 0.3) is 0 Å². The number of likely N-dealkylation sites (tertiary alicyclic amines) is 1. The lowest BCUT2D eigenvalue weighted by Gasteiger charge is -2.22. The molecule has 13 heteroatoms. The molecule has 3 heterocycles. The summed E-state index contributed by atoms with van der Waals surface area (Å²) in [5.41, 5.74) is 0.427. The van der Waals surface area contributed by atoms with Crippen molar-refractivity contribution >= 4 is 44.8 Å². The molecule has 1 fully saturated rings. The van der Waals surface area contributed by atoms with Gasteiger partial charge in [-0.2, -0.15) is 0 Å². The number of carbonyl (C=O) groups is 1. The van der Waals surface area contributed by atoms with Gasteiger partial charge in [0.1, 0.15) is 23.8 Å². The Kier molecular flexibility index (Phi) is 9.17. The number of halogens is 2. The number of aliphatic hydroxyl groups excluding tert-OH is 1. The second-order valence-corrected chi connectivity index (χ2v) is 10.7. The predicted octanol–water partition coefficient (Wildman–Crippen LogP) is 4.52. The van der Waals surface area contributed by atoms with Crippen molar-refractivity contribution in [1.29, 1.82) is 0 Å². The minimum Gasteiger partial charge on any atom is -0.493 e. The molecule has 4 aromatic rings. The molecule has 0 unspecified atom stereocenters. The van der Waals surface area contributed by atoms with Gasteiger partial charge in [0.05, 0.1) is 37.9 Å². The number of hydrogen-bond donors (Lipinski definition) is 3. The monoisotopic (exact) mass is 584 g/mol. The van der Waals surface area contributed by atoms with Gasteiger partial charge in [-0.15, -0.1) is 11.3 Å². The Labute approximate surface area is 239 Å². The van der Waals surface area contributed by atoms with E-state index < -0.39 is 17.5 Å². The van der Waals surface area contributed by atoms with Crippen molar-refractivity contribution in [3.63, 3.8) is 0 Å². The van der Waals surface area contributed by atoms with Crippen molar-refractivity contribution in [2.24, 2.45) is 0 Å². The average Bonchev–Trinajstić information content (AvgIpc) is 3.61. The molecule has 0 aliphatic carbocycles. The number of methoxy groups -OCH3 is 1. The first kappa shape index (κ1) is 28.6. The molecule has 216 valence electrons. The number of anilines is 3. The number of nitrogens with zero attached hydrogens (tertiary/aromatic N) is 4. The van der Waals surface area contributed by atoms with Crippen LogP contribution in [-0.4, -0.2) is 70.3 Å². The Morgan fingerprint density at radius 2 is 2.07 bits per heavy atom. The lowest BCUT2D eigenvalue weighted by atomic mass is 10.2. The molecule has 2 aromatic heterocycles. The summed E-state index contributed by atoms with van der Waals surface area (Å²) < 4.78 is 38.8. The number of nitrogens with one attached hydrogen (secondary N) is 2. The summed E-state index contributed by atoms with van der Waals surface area (Å²) in [6.07, 6.45) is 5.86. The number of aliphatic hydroxyl groups is 1. The molecule has 0 spiro atoms. The summed E-state index contributed by atoms with van der Waals surface area (Å²) in [7, 11) is 1.56. The molecule has 10 nitrogen and oxygen atoms in total. The summed E-state index contributed by atoms with van der Waals surface area (Å²) >= 11 is 1.23. The minimum absolute atomic E-state index is 0.0627. The summed E-state index contributed by atoms with van der Waals surface area (Å²) in [6.45, 7) is 2.54. The zero-order valence-corrected chi connectivity index (χ0v) is 23.2. The first-order valence-electron chi connectivity index (χ1n) is 13.2. The van der Waals surface area contributed by atoms with Crippen LogP contribution in [0.1, 0.15) is 24.1 Å². The third-order valence-electron chi connectivity index (χ3n) is 6.79. The van der Waals surface area contributed by atoms with Gasteiger partial charge in [-0.25, -0.2) is 23.7 Å². The SMILES string of the molecule is COc1cc2c(Nc3ncc(CC(=O)Nc4cc(F)ccc4F)s3)ncnc2cc1OCCCN1CCC[C@H]1CO. The summed E-state index contributed by atoms with van der Waals surface area (Å²) in [4.78, 5) is 28.3. The molecule has 5 rings (SSSR count). The van der Waals surface area contributed by atoms with Gasteiger partial charge in [-0.1, -0.05) is 0 Å². The molecule has 0 bridgehead atoms. The Morgan fingerprint density at radius 1 is 1.20 bits per heavy atom. The van der Waals surface area contributed by atoms with E-state index in [1.807, 2.05) is 0 Å². The van der Waals surface area contributed by atoms with Crippen molar-refractivity contribution in [1.82, 2.24) is 19.9 Å². The maximum atomic E-state index is 13.8. The van der Waals surface area contributed by atoms with Crippen LogP contribution in [0.15, 0.2) is 42.9 Å². The van der Waals surface area contributed by atoms with Crippen molar-refractivity contribution in [3.8, 4) is 11.5 Å². The van der Waals surface area contributed by atoms with E-state index in [2.05, 4.69) is 30.5 Å². The Hall–Kier alpha value is -3.94. The lowest BCUT2D eigenvalue weighted by Crippen LogP contribution is -2.33. The highest BCUT2D eigenvalue weighted by molar-refractivity contribution is 7.15. The van der Waals surface area contributed by atoms with Gasteiger partial charge < -0.3 is 25.2 Å². The molecule has 41 heavy (non-hydrogen) atoms. The quantitative estimate of drug-likeness (QED) is 0.206. The van der Waals surface area contributed by atoms with Crippen LogP contribution in [0.3, 0.4) is 0 Å². The van der Waals surface area contributed by atoms with Gasteiger partial charge >= 0.3 is 0 Å². The van der Waals surface area contributed by atoms with E-state index in [9.17, 15) is 18.7 Å². The van der Waals surface area contributed by atoms with Crippen LogP contribution in [0.5, 0.6) is 11.5 Å². The van der Waals surface area contributed by atoms with E-state index in [4.69, 9.17) is 9.47 Å². The molecule has 1 saturated heterocycles.